The molecule has 0 atom stereocenters. The van der Waals surface area contributed by atoms with Gasteiger partial charge in [0.2, 0.25) is 0 Å². The van der Waals surface area contributed by atoms with E-state index in [4.69, 9.17) is 0 Å². The minimum atomic E-state index is 0.617. The Balaban J connectivity index is 1.64. The molecule has 0 fully saturated rings. The molecule has 0 aromatic carbocycles. The van der Waals surface area contributed by atoms with Gasteiger partial charge in [0.1, 0.15) is 5.82 Å². The Morgan fingerprint density at radius 2 is 2.24 bits per heavy atom. The monoisotopic (exact) mass is 231 g/mol. The largest absolute Gasteiger partial charge is 0.367 e. The van der Waals surface area contributed by atoms with E-state index in [0.717, 1.165) is 6.54 Å². The zero-order chi connectivity index (χ0) is 11.5. The lowest BCUT2D eigenvalue weighted by atomic mass is 10.5. The Kier molecular flexibility index (Phi) is 2.33. The summed E-state index contributed by atoms with van der Waals surface area (Å²) in [6.07, 6.45) is 3.45. The maximum atomic E-state index is 4.18. The van der Waals surface area contributed by atoms with Crippen molar-refractivity contribution in [1.82, 2.24) is 40.2 Å². The number of hydrogen-bond acceptors (Lipinski definition) is 7. The van der Waals surface area contributed by atoms with Crippen LogP contribution in [0.3, 0.4) is 0 Å². The third-order valence-electron chi connectivity index (χ3n) is 2.19. The zero-order valence-corrected chi connectivity index (χ0v) is 8.80. The molecular weight excluding hydrogens is 222 g/mol. The first-order valence-electron chi connectivity index (χ1n) is 5.05. The van der Waals surface area contributed by atoms with Gasteiger partial charge in [-0.2, -0.15) is 0 Å². The fourth-order valence-electron chi connectivity index (χ4n) is 1.39. The van der Waals surface area contributed by atoms with Crippen LogP contribution in [0.2, 0.25) is 0 Å². The molecule has 3 aromatic heterocycles. The molecule has 9 heteroatoms. The molecule has 0 aliphatic heterocycles. The van der Waals surface area contributed by atoms with Crippen LogP contribution in [0.25, 0.3) is 5.65 Å². The van der Waals surface area contributed by atoms with Gasteiger partial charge in [-0.15, -0.1) is 19.9 Å². The Labute approximate surface area is 95.4 Å². The topological polar surface area (TPSA) is 98.7 Å². The quantitative estimate of drug-likeness (QED) is 0.629. The molecule has 0 saturated carbocycles. The van der Waals surface area contributed by atoms with Crippen LogP contribution >= 0.6 is 0 Å². The number of anilines is 1. The first-order valence-corrected chi connectivity index (χ1v) is 5.05. The second-order valence-corrected chi connectivity index (χ2v) is 3.34. The predicted octanol–water partition coefficient (Wildman–Crippen LogP) is -0.777. The molecule has 0 aliphatic rings. The summed E-state index contributed by atoms with van der Waals surface area (Å²) in [5.41, 5.74) is 0.617. The van der Waals surface area contributed by atoms with E-state index in [0.29, 0.717) is 18.0 Å². The predicted molar refractivity (Wildman–Crippen MR) is 57.1 cm³/mol. The Bertz CT molecular complexity index is 598. The Morgan fingerprint density at radius 3 is 3.12 bits per heavy atom. The average Bonchev–Trinajstić information content (AvgIpc) is 2.98. The van der Waals surface area contributed by atoms with Gasteiger partial charge in [0.25, 0.3) is 0 Å². The van der Waals surface area contributed by atoms with Gasteiger partial charge in [-0.1, -0.05) is 5.21 Å². The summed E-state index contributed by atoms with van der Waals surface area (Å²) in [6, 6.07) is 3.62. The van der Waals surface area contributed by atoms with Crippen LogP contribution in [0, 0.1) is 0 Å². The third kappa shape index (κ3) is 2.02. The molecular formula is C8H9N9. The molecule has 0 spiro atoms. The first kappa shape index (κ1) is 9.63. The second kappa shape index (κ2) is 4.12. The van der Waals surface area contributed by atoms with Gasteiger partial charge in [0.15, 0.2) is 5.65 Å². The van der Waals surface area contributed by atoms with Gasteiger partial charge >= 0.3 is 0 Å². The van der Waals surface area contributed by atoms with Crippen molar-refractivity contribution in [3.63, 3.8) is 0 Å². The highest BCUT2D eigenvalue weighted by molar-refractivity contribution is 5.41. The molecule has 3 aromatic rings. The van der Waals surface area contributed by atoms with Crippen molar-refractivity contribution in [3.05, 3.63) is 24.5 Å². The highest BCUT2D eigenvalue weighted by atomic mass is 15.6. The lowest BCUT2D eigenvalue weighted by Crippen LogP contribution is -2.12. The smallest absolute Gasteiger partial charge is 0.200 e. The molecule has 17 heavy (non-hydrogen) atoms. The number of hydrogen-bond donors (Lipinski definition) is 1. The van der Waals surface area contributed by atoms with E-state index in [1.54, 1.807) is 23.1 Å². The van der Waals surface area contributed by atoms with Gasteiger partial charge in [0, 0.05) is 12.7 Å². The number of fused-ring (bicyclic) bond motifs is 1. The highest BCUT2D eigenvalue weighted by Crippen LogP contribution is 2.02. The Morgan fingerprint density at radius 1 is 1.24 bits per heavy atom. The molecule has 9 nitrogen and oxygen atoms in total. The number of aromatic nitrogens is 8. The van der Waals surface area contributed by atoms with Crippen molar-refractivity contribution < 1.29 is 0 Å². The standard InChI is InChI=1S/C8H9N9/c1-2-8-11-13-15-17(8)12-7(1)9-3-5-16-6-4-10-14-16/h1-2,4,6H,3,5H2,(H,9,12). The highest BCUT2D eigenvalue weighted by Gasteiger charge is 1.99. The summed E-state index contributed by atoms with van der Waals surface area (Å²) in [5, 5.41) is 25.9. The molecule has 0 amide bonds. The van der Waals surface area contributed by atoms with Gasteiger partial charge in [-0.3, -0.25) is 4.68 Å². The fraction of sp³-hybridized carbons (Fsp3) is 0.250. The van der Waals surface area contributed by atoms with Crippen LogP contribution in [-0.4, -0.2) is 46.8 Å². The SMILES string of the molecule is c1cn(CCNc2ccc3nnnn3n2)nn1. The summed E-state index contributed by atoms with van der Waals surface area (Å²) >= 11 is 0. The van der Waals surface area contributed by atoms with E-state index in [2.05, 4.69) is 36.3 Å². The summed E-state index contributed by atoms with van der Waals surface area (Å²) in [6.45, 7) is 1.42. The van der Waals surface area contributed by atoms with E-state index in [1.165, 1.54) is 4.63 Å². The maximum absolute atomic E-state index is 4.18. The van der Waals surface area contributed by atoms with Crippen molar-refractivity contribution in [2.75, 3.05) is 11.9 Å². The number of rotatable bonds is 4. The summed E-state index contributed by atoms with van der Waals surface area (Å²) in [4.78, 5) is 0. The van der Waals surface area contributed by atoms with Gasteiger partial charge < -0.3 is 5.32 Å². The van der Waals surface area contributed by atoms with Crippen molar-refractivity contribution in [1.29, 1.82) is 0 Å². The van der Waals surface area contributed by atoms with Gasteiger partial charge in [0.05, 0.1) is 12.7 Å². The van der Waals surface area contributed by atoms with E-state index >= 15 is 0 Å². The number of tetrazole rings is 1. The molecule has 3 heterocycles. The second-order valence-electron chi connectivity index (χ2n) is 3.34. The van der Waals surface area contributed by atoms with Crippen LogP contribution in [0.5, 0.6) is 0 Å². The lowest BCUT2D eigenvalue weighted by molar-refractivity contribution is 0.607. The first-order chi connectivity index (χ1) is 8.42. The molecule has 0 saturated heterocycles. The molecule has 0 bridgehead atoms. The van der Waals surface area contributed by atoms with E-state index in [1.807, 2.05) is 6.07 Å². The van der Waals surface area contributed by atoms with Crippen molar-refractivity contribution in [2.24, 2.45) is 0 Å². The fourth-order valence-corrected chi connectivity index (χ4v) is 1.39. The van der Waals surface area contributed by atoms with E-state index in [-0.39, 0.29) is 0 Å². The summed E-state index contributed by atoms with van der Waals surface area (Å²) < 4.78 is 3.11. The van der Waals surface area contributed by atoms with Crippen LogP contribution in [0.15, 0.2) is 24.5 Å². The van der Waals surface area contributed by atoms with Crippen molar-refractivity contribution >= 4 is 11.5 Å². The molecule has 3 rings (SSSR count). The number of nitrogens with one attached hydrogen (secondary N) is 1. The van der Waals surface area contributed by atoms with Crippen LogP contribution in [0.4, 0.5) is 5.82 Å². The average molecular weight is 231 g/mol. The van der Waals surface area contributed by atoms with Crippen molar-refractivity contribution in [3.8, 4) is 0 Å². The third-order valence-corrected chi connectivity index (χ3v) is 2.19. The molecule has 0 aliphatic carbocycles. The summed E-state index contributed by atoms with van der Waals surface area (Å²) in [5.74, 6) is 0.713. The molecule has 86 valence electrons. The minimum Gasteiger partial charge on any atom is -0.367 e. The lowest BCUT2D eigenvalue weighted by Gasteiger charge is -2.04. The van der Waals surface area contributed by atoms with E-state index in [9.17, 15) is 0 Å². The maximum Gasteiger partial charge on any atom is 0.200 e. The minimum absolute atomic E-state index is 0.617. The normalized spacial score (nSPS) is 10.8. The van der Waals surface area contributed by atoms with E-state index < -0.39 is 0 Å². The van der Waals surface area contributed by atoms with Crippen LogP contribution in [0.1, 0.15) is 0 Å². The Hall–Kier alpha value is -2.58. The number of nitrogens with zero attached hydrogens (tertiary/aromatic N) is 8. The summed E-state index contributed by atoms with van der Waals surface area (Å²) in [7, 11) is 0. The van der Waals surface area contributed by atoms with Gasteiger partial charge in [-0.25, -0.2) is 0 Å². The molecule has 1 N–H and O–H groups in total. The van der Waals surface area contributed by atoms with Gasteiger partial charge in [-0.05, 0) is 22.6 Å². The van der Waals surface area contributed by atoms with Crippen LogP contribution in [-0.2, 0) is 6.54 Å². The molecule has 0 unspecified atom stereocenters. The molecule has 0 radical (unpaired) electrons. The van der Waals surface area contributed by atoms with Crippen LogP contribution < -0.4 is 5.32 Å². The zero-order valence-electron chi connectivity index (χ0n) is 8.80. The van der Waals surface area contributed by atoms with Crippen molar-refractivity contribution in [2.45, 2.75) is 6.54 Å².